The Morgan fingerprint density at radius 2 is 1.92 bits per heavy atom. The van der Waals surface area contributed by atoms with Crippen LogP contribution >= 0.6 is 11.6 Å². The number of hydrogen-bond acceptors (Lipinski definition) is 6. The predicted molar refractivity (Wildman–Crippen MR) is 138 cm³/mol. The van der Waals surface area contributed by atoms with Crippen LogP contribution in [0, 0.1) is 0 Å². The fourth-order valence-corrected chi connectivity index (χ4v) is 4.13. The number of nitrogens with two attached hydrogens (primary N) is 1. The molecule has 1 aromatic heterocycles. The summed E-state index contributed by atoms with van der Waals surface area (Å²) < 4.78 is 39.1. The first-order valence-electron chi connectivity index (χ1n) is 11.7. The Morgan fingerprint density at radius 1 is 1.16 bits per heavy atom. The molecule has 0 spiro atoms. The molecule has 0 unspecified atom stereocenters. The van der Waals surface area contributed by atoms with Crippen molar-refractivity contribution in [1.82, 2.24) is 25.9 Å². The van der Waals surface area contributed by atoms with Gasteiger partial charge in [-0.05, 0) is 43.1 Å². The fraction of sp³-hybridized carbons (Fsp3) is 0.280. The van der Waals surface area contributed by atoms with Gasteiger partial charge in [-0.1, -0.05) is 35.9 Å². The van der Waals surface area contributed by atoms with Gasteiger partial charge in [0.25, 0.3) is 5.91 Å². The number of hydrogen-bond donors (Lipinski definition) is 5. The summed E-state index contributed by atoms with van der Waals surface area (Å²) >= 11 is 5.60. The minimum absolute atomic E-state index is 0.00327. The summed E-state index contributed by atoms with van der Waals surface area (Å²) in [5.41, 5.74) is 6.72. The zero-order valence-corrected chi connectivity index (χ0v) is 20.8. The second-order valence-corrected chi connectivity index (χ2v) is 9.11. The molecule has 3 amide bonds. The predicted octanol–water partition coefficient (Wildman–Crippen LogP) is 4.20. The highest BCUT2D eigenvalue weighted by Gasteiger charge is 2.33. The number of nitrogen functional groups attached to an aromatic ring is 1. The summed E-state index contributed by atoms with van der Waals surface area (Å²) in [6.07, 6.45) is -1.34. The van der Waals surface area contributed by atoms with Crippen LogP contribution in [0.15, 0.2) is 48.7 Å². The van der Waals surface area contributed by atoms with E-state index in [1.54, 1.807) is 24.3 Å². The molecule has 1 saturated heterocycles. The molecule has 0 radical (unpaired) electrons. The molecular weight excluding hydrogens is 523 g/mol. The number of halogens is 4. The number of nitrogens with zero attached hydrogens (tertiary/aromatic N) is 2. The molecule has 2 aromatic carbocycles. The summed E-state index contributed by atoms with van der Waals surface area (Å²) in [7, 11) is 0. The van der Waals surface area contributed by atoms with Crippen LogP contribution in [0.5, 0.6) is 0 Å². The largest absolute Gasteiger partial charge is 0.417 e. The molecule has 3 aromatic rings. The Bertz CT molecular complexity index is 1310. The van der Waals surface area contributed by atoms with Gasteiger partial charge in [-0.15, -0.1) is 0 Å². The molecular formula is C25H25ClF3N7O2. The van der Waals surface area contributed by atoms with Gasteiger partial charge in [-0.2, -0.15) is 13.2 Å². The van der Waals surface area contributed by atoms with Gasteiger partial charge in [0.2, 0.25) is 0 Å². The Kier molecular flexibility index (Phi) is 8.32. The number of piperidine rings is 1. The number of benzene rings is 2. The van der Waals surface area contributed by atoms with E-state index in [0.29, 0.717) is 17.8 Å². The smallest absolute Gasteiger partial charge is 0.382 e. The van der Waals surface area contributed by atoms with E-state index in [2.05, 4.69) is 31.2 Å². The molecule has 200 valence electrons. The van der Waals surface area contributed by atoms with Crippen LogP contribution in [0.25, 0.3) is 11.3 Å². The first kappa shape index (κ1) is 27.1. The van der Waals surface area contributed by atoms with Gasteiger partial charge in [0, 0.05) is 30.4 Å². The second kappa shape index (κ2) is 11.7. The van der Waals surface area contributed by atoms with E-state index in [0.717, 1.165) is 37.1 Å². The molecule has 0 bridgehead atoms. The standard InChI is InChI=1S/C25H25ClF3N7O2/c26-19-8-7-16(10-18(19)25(27,28)29)35-24(38)33-11-14-3-5-15(6-4-14)20-13-32-22(30)21(36-20)23(37)34-17-2-1-9-31-12-17/h3-8,10,13,17,31H,1-2,9,11-12H2,(H2,30,32)(H,34,37)(H2,33,35,38)/t17-/m0/s1. The molecule has 0 saturated carbocycles. The summed E-state index contributed by atoms with van der Waals surface area (Å²) in [4.78, 5) is 33.4. The number of rotatable bonds is 6. The first-order valence-corrected chi connectivity index (χ1v) is 12.1. The molecule has 13 heteroatoms. The van der Waals surface area contributed by atoms with Crippen LogP contribution in [0.2, 0.25) is 5.02 Å². The topological polar surface area (TPSA) is 134 Å². The lowest BCUT2D eigenvalue weighted by atomic mass is 10.1. The molecule has 1 fully saturated rings. The van der Waals surface area contributed by atoms with Crippen molar-refractivity contribution in [1.29, 1.82) is 0 Å². The number of aromatic nitrogens is 2. The molecule has 4 rings (SSSR count). The third-order valence-corrected chi connectivity index (χ3v) is 6.21. The van der Waals surface area contributed by atoms with Crippen molar-refractivity contribution in [3.8, 4) is 11.3 Å². The van der Waals surface area contributed by atoms with E-state index in [1.807, 2.05) is 0 Å². The Balaban J connectivity index is 1.36. The molecule has 1 aliphatic heterocycles. The van der Waals surface area contributed by atoms with Gasteiger partial charge in [-0.25, -0.2) is 14.8 Å². The summed E-state index contributed by atoms with van der Waals surface area (Å²) in [5, 5.41) is 10.6. The number of urea groups is 1. The molecule has 38 heavy (non-hydrogen) atoms. The highest BCUT2D eigenvalue weighted by Crippen LogP contribution is 2.36. The van der Waals surface area contributed by atoms with E-state index >= 15 is 0 Å². The van der Waals surface area contributed by atoms with E-state index < -0.39 is 22.8 Å². The highest BCUT2D eigenvalue weighted by molar-refractivity contribution is 6.31. The van der Waals surface area contributed by atoms with Crippen LogP contribution in [0.4, 0.5) is 29.5 Å². The van der Waals surface area contributed by atoms with Crippen molar-refractivity contribution in [2.24, 2.45) is 0 Å². The molecule has 1 aliphatic rings. The van der Waals surface area contributed by atoms with Crippen LogP contribution in [0.3, 0.4) is 0 Å². The number of anilines is 2. The van der Waals surface area contributed by atoms with Crippen LogP contribution in [-0.4, -0.2) is 41.0 Å². The summed E-state index contributed by atoms with van der Waals surface area (Å²) in [5.74, 6) is -0.356. The van der Waals surface area contributed by atoms with E-state index in [-0.39, 0.29) is 35.7 Å². The molecule has 1 atom stereocenters. The van der Waals surface area contributed by atoms with Crippen molar-refractivity contribution < 1.29 is 22.8 Å². The maximum Gasteiger partial charge on any atom is 0.417 e. The van der Waals surface area contributed by atoms with Crippen molar-refractivity contribution in [3.63, 3.8) is 0 Å². The summed E-state index contributed by atoms with van der Waals surface area (Å²) in [6, 6.07) is 9.41. The van der Waals surface area contributed by atoms with Gasteiger partial charge in [0.15, 0.2) is 11.5 Å². The third kappa shape index (κ3) is 6.90. The number of alkyl halides is 3. The second-order valence-electron chi connectivity index (χ2n) is 8.70. The Morgan fingerprint density at radius 3 is 2.61 bits per heavy atom. The van der Waals surface area contributed by atoms with Gasteiger partial charge in [-0.3, -0.25) is 4.79 Å². The van der Waals surface area contributed by atoms with Crippen molar-refractivity contribution >= 4 is 35.0 Å². The van der Waals surface area contributed by atoms with E-state index in [4.69, 9.17) is 17.3 Å². The maximum absolute atomic E-state index is 13.0. The highest BCUT2D eigenvalue weighted by atomic mass is 35.5. The third-order valence-electron chi connectivity index (χ3n) is 5.88. The average Bonchev–Trinajstić information content (AvgIpc) is 2.89. The van der Waals surface area contributed by atoms with Crippen LogP contribution in [-0.2, 0) is 12.7 Å². The minimum Gasteiger partial charge on any atom is -0.382 e. The molecule has 9 nitrogen and oxygen atoms in total. The van der Waals surface area contributed by atoms with E-state index in [1.165, 1.54) is 12.3 Å². The number of carbonyl (C=O) groups excluding carboxylic acids is 2. The lowest BCUT2D eigenvalue weighted by molar-refractivity contribution is -0.137. The Hall–Kier alpha value is -3.90. The minimum atomic E-state index is -4.64. The van der Waals surface area contributed by atoms with Crippen molar-refractivity contribution in [2.75, 3.05) is 24.1 Å². The quantitative estimate of drug-likeness (QED) is 0.314. The summed E-state index contributed by atoms with van der Waals surface area (Å²) in [6.45, 7) is 1.72. The zero-order valence-electron chi connectivity index (χ0n) is 20.0. The molecule has 6 N–H and O–H groups in total. The number of nitrogens with one attached hydrogen (secondary N) is 4. The van der Waals surface area contributed by atoms with Crippen molar-refractivity contribution in [2.45, 2.75) is 31.6 Å². The van der Waals surface area contributed by atoms with Gasteiger partial charge in [0.05, 0.1) is 22.5 Å². The monoisotopic (exact) mass is 547 g/mol. The van der Waals surface area contributed by atoms with Crippen LogP contribution < -0.4 is 27.0 Å². The maximum atomic E-state index is 13.0. The zero-order chi connectivity index (χ0) is 27.3. The first-order chi connectivity index (χ1) is 18.1. The molecule has 2 heterocycles. The lowest BCUT2D eigenvalue weighted by Gasteiger charge is -2.23. The number of amides is 3. The lowest BCUT2D eigenvalue weighted by Crippen LogP contribution is -2.46. The molecule has 0 aliphatic carbocycles. The number of carbonyl (C=O) groups is 2. The van der Waals surface area contributed by atoms with Gasteiger partial charge >= 0.3 is 12.2 Å². The van der Waals surface area contributed by atoms with Gasteiger partial charge in [0.1, 0.15) is 0 Å². The average molecular weight is 548 g/mol. The Labute approximate surface area is 221 Å². The van der Waals surface area contributed by atoms with Gasteiger partial charge < -0.3 is 27.0 Å². The SMILES string of the molecule is Nc1ncc(-c2ccc(CNC(=O)Nc3ccc(Cl)c(C(F)(F)F)c3)cc2)nc1C(=O)N[C@H]1CCCNC1. The van der Waals surface area contributed by atoms with Crippen LogP contribution in [0.1, 0.15) is 34.5 Å². The normalized spacial score (nSPS) is 15.5. The van der Waals surface area contributed by atoms with E-state index in [9.17, 15) is 22.8 Å². The van der Waals surface area contributed by atoms with Crippen molar-refractivity contribution in [3.05, 3.63) is 70.5 Å². The fourth-order valence-electron chi connectivity index (χ4n) is 3.90.